The molecule has 0 heterocycles. The van der Waals surface area contributed by atoms with Gasteiger partial charge in [0, 0.05) is 5.56 Å². The summed E-state index contributed by atoms with van der Waals surface area (Å²) in [6.45, 7) is 0. The molecule has 0 saturated heterocycles. The fraction of sp³-hybridized carbons (Fsp3) is 0.0769. The summed E-state index contributed by atoms with van der Waals surface area (Å²) in [6.07, 6.45) is -2.39. The summed E-state index contributed by atoms with van der Waals surface area (Å²) in [6, 6.07) is 16.1. The quantitative estimate of drug-likeness (QED) is 0.683. The molecule has 0 amide bonds. The summed E-state index contributed by atoms with van der Waals surface area (Å²) in [5.41, 5.74) is 2.06. The fourth-order valence-corrected chi connectivity index (χ4v) is 1.45. The lowest BCUT2D eigenvalue weighted by molar-refractivity contribution is 0.151. The van der Waals surface area contributed by atoms with Gasteiger partial charge in [-0.3, -0.25) is 0 Å². The first-order chi connectivity index (χ1) is 7.27. The van der Waals surface area contributed by atoms with Crippen molar-refractivity contribution in [2.45, 2.75) is 6.43 Å². The molecule has 1 atom stereocenters. The van der Waals surface area contributed by atoms with E-state index in [1.165, 1.54) is 12.1 Å². The van der Waals surface area contributed by atoms with Gasteiger partial charge in [0.2, 0.25) is 0 Å². The molecular formula is C13H10F2. The third kappa shape index (κ3) is 2.21. The molecule has 0 nitrogen and oxygen atoms in total. The minimum Gasteiger partial charge on any atom is -0.205 e. The first-order valence-electron chi connectivity index (χ1n) is 4.71. The Labute approximate surface area is 87.2 Å². The van der Waals surface area contributed by atoms with Crippen LogP contribution in [0.5, 0.6) is 0 Å². The second-order valence-electron chi connectivity index (χ2n) is 3.29. The number of hydrogen-bond donors (Lipinski definition) is 0. The number of rotatable bonds is 2. The number of hydrogen-bond acceptors (Lipinski definition) is 0. The van der Waals surface area contributed by atoms with Crippen molar-refractivity contribution >= 4 is 0 Å². The molecule has 0 aliphatic carbocycles. The maximum atomic E-state index is 12.3. The van der Waals surface area contributed by atoms with Crippen molar-refractivity contribution < 1.29 is 8.78 Å². The number of alkyl halides is 2. The van der Waals surface area contributed by atoms with E-state index in [1.54, 1.807) is 12.1 Å². The van der Waals surface area contributed by atoms with Gasteiger partial charge in [0.25, 0.3) is 6.43 Å². The molecule has 0 N–H and O–H groups in total. The maximum Gasteiger partial charge on any atom is 0.263 e. The van der Waals surface area contributed by atoms with Crippen molar-refractivity contribution in [3.05, 3.63) is 60.2 Å². The summed E-state index contributed by atoms with van der Waals surface area (Å²) in [5.74, 6) is 0. The molecule has 0 fully saturated rings. The van der Waals surface area contributed by atoms with Gasteiger partial charge in [-0.15, -0.1) is 0 Å². The maximum absolute atomic E-state index is 12.3. The summed E-state index contributed by atoms with van der Waals surface area (Å²) in [4.78, 5) is 0. The van der Waals surface area contributed by atoms with Crippen LogP contribution in [0.2, 0.25) is 0 Å². The Hall–Kier alpha value is -1.70. The van der Waals surface area contributed by atoms with E-state index in [2.05, 4.69) is 0 Å². The minimum atomic E-state index is -2.39. The van der Waals surface area contributed by atoms with Crippen molar-refractivity contribution in [3.63, 3.8) is 0 Å². The summed E-state index contributed by atoms with van der Waals surface area (Å²) >= 11 is 0. The van der Waals surface area contributed by atoms with Gasteiger partial charge in [-0.2, -0.15) is 0 Å². The van der Waals surface area contributed by atoms with Crippen LogP contribution in [0.15, 0.2) is 54.6 Å². The molecular weight excluding hydrogens is 193 g/mol. The lowest BCUT2D eigenvalue weighted by Crippen LogP contribution is -1.83. The van der Waals surface area contributed by atoms with E-state index < -0.39 is 6.43 Å². The topological polar surface area (TPSA) is 0 Å². The van der Waals surface area contributed by atoms with Crippen molar-refractivity contribution in [2.24, 2.45) is 0 Å². The lowest BCUT2D eigenvalue weighted by Gasteiger charge is -2.03. The molecule has 0 bridgehead atoms. The molecule has 2 aromatic carbocycles. The van der Waals surface area contributed by atoms with Crippen LogP contribution in [0, 0.1) is 0 Å². The van der Waals surface area contributed by atoms with Crippen LogP contribution in [0.4, 0.5) is 8.78 Å². The summed E-state index contributed by atoms with van der Waals surface area (Å²) in [7, 11) is 0. The zero-order valence-electron chi connectivity index (χ0n) is 8.03. The molecule has 15 heavy (non-hydrogen) atoms. The van der Waals surface area contributed by atoms with Crippen molar-refractivity contribution in [1.82, 2.24) is 0 Å². The highest BCUT2D eigenvalue weighted by atomic mass is 19.2. The molecule has 0 radical (unpaired) electrons. The van der Waals surface area contributed by atoms with Crippen LogP contribution < -0.4 is 0 Å². The number of halogens is 2. The highest BCUT2D eigenvalue weighted by molar-refractivity contribution is 5.63. The number of benzene rings is 2. The van der Waals surface area contributed by atoms with Gasteiger partial charge in [0.05, 0.1) is 0 Å². The Morgan fingerprint density at radius 1 is 0.667 bits per heavy atom. The molecule has 2 rings (SSSR count). The molecule has 0 aliphatic rings. The SMILES string of the molecule is FC([18F])c1ccc(-c2ccccc2)cc1. The van der Waals surface area contributed by atoms with Crippen LogP contribution in [0.3, 0.4) is 0 Å². The molecule has 1 unspecified atom stereocenters. The monoisotopic (exact) mass is 203 g/mol. The van der Waals surface area contributed by atoms with Gasteiger partial charge in [0.1, 0.15) is 0 Å². The van der Waals surface area contributed by atoms with Crippen LogP contribution in [-0.4, -0.2) is 0 Å². The van der Waals surface area contributed by atoms with Crippen LogP contribution >= 0.6 is 0 Å². The smallest absolute Gasteiger partial charge is 0.205 e. The first kappa shape index (κ1) is 9.84. The zero-order valence-corrected chi connectivity index (χ0v) is 8.03. The molecule has 2 heteroatoms. The third-order valence-corrected chi connectivity index (χ3v) is 2.27. The lowest BCUT2D eigenvalue weighted by atomic mass is 10.0. The van der Waals surface area contributed by atoms with Gasteiger partial charge in [-0.1, -0.05) is 54.6 Å². The Balaban J connectivity index is 2.32. The zero-order chi connectivity index (χ0) is 10.7. The molecule has 0 aliphatic heterocycles. The van der Waals surface area contributed by atoms with E-state index in [1.807, 2.05) is 30.3 Å². The highest BCUT2D eigenvalue weighted by Crippen LogP contribution is 2.23. The second-order valence-corrected chi connectivity index (χ2v) is 3.29. The third-order valence-electron chi connectivity index (χ3n) is 2.27. The molecule has 76 valence electrons. The minimum absolute atomic E-state index is 0.0645. The molecule has 0 spiro atoms. The Kier molecular flexibility index (Phi) is 2.77. The average Bonchev–Trinajstić information content (AvgIpc) is 2.30. The molecule has 2 aromatic rings. The van der Waals surface area contributed by atoms with E-state index >= 15 is 0 Å². The Bertz CT molecular complexity index is 418. The predicted octanol–water partition coefficient (Wildman–Crippen LogP) is 4.29. The van der Waals surface area contributed by atoms with Crippen molar-refractivity contribution in [2.75, 3.05) is 0 Å². The van der Waals surface area contributed by atoms with Gasteiger partial charge < -0.3 is 0 Å². The first-order valence-corrected chi connectivity index (χ1v) is 4.71. The van der Waals surface area contributed by atoms with Gasteiger partial charge in [-0.25, -0.2) is 8.78 Å². The standard InChI is InChI=1S/C13H10F2/c14-13(15)12-8-6-11(7-9-12)10-4-2-1-3-5-10/h1-9,13H/i14-1. The molecule has 0 aromatic heterocycles. The second kappa shape index (κ2) is 4.22. The fourth-order valence-electron chi connectivity index (χ4n) is 1.45. The van der Waals surface area contributed by atoms with Crippen molar-refractivity contribution in [3.8, 4) is 11.1 Å². The van der Waals surface area contributed by atoms with E-state index in [9.17, 15) is 8.78 Å². The summed E-state index contributed by atoms with van der Waals surface area (Å²) in [5, 5.41) is 0. The van der Waals surface area contributed by atoms with Gasteiger partial charge in [0.15, 0.2) is 0 Å². The average molecular weight is 203 g/mol. The van der Waals surface area contributed by atoms with E-state index in [0.29, 0.717) is 0 Å². The van der Waals surface area contributed by atoms with Gasteiger partial charge in [-0.05, 0) is 11.1 Å². The van der Waals surface area contributed by atoms with Crippen molar-refractivity contribution in [1.29, 1.82) is 0 Å². The Morgan fingerprint density at radius 3 is 1.73 bits per heavy atom. The highest BCUT2D eigenvalue weighted by Gasteiger charge is 2.05. The molecule has 0 saturated carbocycles. The van der Waals surface area contributed by atoms with E-state index in [4.69, 9.17) is 0 Å². The largest absolute Gasteiger partial charge is 0.263 e. The van der Waals surface area contributed by atoms with E-state index in [0.717, 1.165) is 11.1 Å². The Morgan fingerprint density at radius 2 is 1.20 bits per heavy atom. The van der Waals surface area contributed by atoms with Crippen LogP contribution in [0.25, 0.3) is 11.1 Å². The van der Waals surface area contributed by atoms with Crippen LogP contribution in [0.1, 0.15) is 12.0 Å². The predicted molar refractivity (Wildman–Crippen MR) is 56.8 cm³/mol. The van der Waals surface area contributed by atoms with Crippen LogP contribution in [-0.2, 0) is 0 Å². The van der Waals surface area contributed by atoms with E-state index in [-0.39, 0.29) is 5.56 Å². The normalized spacial score (nSPS) is 12.4. The summed E-state index contributed by atoms with van der Waals surface area (Å²) < 4.78 is 24.6. The van der Waals surface area contributed by atoms with Gasteiger partial charge >= 0.3 is 0 Å².